The standard InChI is InChI=1S/C38H45N3O5S2/c1-6-29(4)39-38(43)36(25-30-14-9-8-10-15-30)40(26-31-16-12-11-13-28(31)3)37(42)27-41(32-17-19-33(20-18-32)46-7-2)48(44,45)35-23-21-34(47-5)22-24-35/h8-24,29,36H,6-7,25-27H2,1-5H3,(H,39,43). The number of sulfonamides is 1. The van der Waals surface area contributed by atoms with Gasteiger partial charge in [-0.1, -0.05) is 61.5 Å². The van der Waals surface area contributed by atoms with Crippen molar-refractivity contribution in [2.75, 3.05) is 23.7 Å². The fraction of sp³-hybridized carbons (Fsp3) is 0.316. The van der Waals surface area contributed by atoms with Gasteiger partial charge in [-0.05, 0) is 98.7 Å². The van der Waals surface area contributed by atoms with Crippen LogP contribution in [0.25, 0.3) is 0 Å². The molecule has 0 saturated heterocycles. The quantitative estimate of drug-likeness (QED) is 0.129. The third-order valence-electron chi connectivity index (χ3n) is 8.24. The Morgan fingerprint density at radius 2 is 1.52 bits per heavy atom. The van der Waals surface area contributed by atoms with E-state index < -0.39 is 28.5 Å². The fourth-order valence-corrected chi connectivity index (χ4v) is 7.07. The average Bonchev–Trinajstić information content (AvgIpc) is 3.10. The lowest BCUT2D eigenvalue weighted by molar-refractivity contribution is -0.140. The Hall–Kier alpha value is -4.28. The van der Waals surface area contributed by atoms with Crippen molar-refractivity contribution < 1.29 is 22.7 Å². The molecule has 2 unspecified atom stereocenters. The molecule has 10 heteroatoms. The van der Waals surface area contributed by atoms with Crippen molar-refractivity contribution >= 4 is 39.3 Å². The minimum atomic E-state index is -4.21. The summed E-state index contributed by atoms with van der Waals surface area (Å²) in [7, 11) is -4.21. The van der Waals surface area contributed by atoms with Crippen LogP contribution < -0.4 is 14.4 Å². The van der Waals surface area contributed by atoms with Crippen LogP contribution in [0.4, 0.5) is 5.69 Å². The zero-order valence-electron chi connectivity index (χ0n) is 28.3. The summed E-state index contributed by atoms with van der Waals surface area (Å²) in [4.78, 5) is 31.2. The molecule has 4 rings (SSSR count). The van der Waals surface area contributed by atoms with Crippen LogP contribution in [0.5, 0.6) is 5.75 Å². The number of rotatable bonds is 16. The number of aryl methyl sites for hydroxylation is 1. The first-order valence-corrected chi connectivity index (χ1v) is 18.8. The molecular weight excluding hydrogens is 643 g/mol. The normalized spacial score (nSPS) is 12.5. The summed E-state index contributed by atoms with van der Waals surface area (Å²) in [5.74, 6) is -0.213. The zero-order valence-corrected chi connectivity index (χ0v) is 29.9. The Morgan fingerprint density at radius 1 is 0.875 bits per heavy atom. The highest BCUT2D eigenvalue weighted by molar-refractivity contribution is 7.98. The molecule has 1 N–H and O–H groups in total. The number of anilines is 1. The van der Waals surface area contributed by atoms with E-state index in [9.17, 15) is 18.0 Å². The molecule has 0 aliphatic carbocycles. The first kappa shape index (κ1) is 36.6. The van der Waals surface area contributed by atoms with E-state index in [0.717, 1.165) is 25.9 Å². The summed E-state index contributed by atoms with van der Waals surface area (Å²) in [5.41, 5.74) is 3.01. The Morgan fingerprint density at radius 3 is 2.12 bits per heavy atom. The third-order valence-corrected chi connectivity index (χ3v) is 10.8. The Labute approximate surface area is 289 Å². The summed E-state index contributed by atoms with van der Waals surface area (Å²) in [6, 6.07) is 29.5. The summed E-state index contributed by atoms with van der Waals surface area (Å²) < 4.78 is 35.4. The molecule has 0 aromatic heterocycles. The van der Waals surface area contributed by atoms with Crippen LogP contribution in [0.3, 0.4) is 0 Å². The van der Waals surface area contributed by atoms with Crippen molar-refractivity contribution in [3.05, 3.63) is 120 Å². The number of carbonyl (C=O) groups is 2. The molecule has 254 valence electrons. The van der Waals surface area contributed by atoms with Gasteiger partial charge in [0, 0.05) is 23.9 Å². The lowest BCUT2D eigenvalue weighted by Crippen LogP contribution is -2.54. The highest BCUT2D eigenvalue weighted by atomic mass is 32.2. The molecule has 0 aliphatic heterocycles. The molecule has 4 aromatic carbocycles. The van der Waals surface area contributed by atoms with Crippen LogP contribution in [-0.2, 0) is 32.6 Å². The number of nitrogens with zero attached hydrogens (tertiary/aromatic N) is 2. The van der Waals surface area contributed by atoms with E-state index in [2.05, 4.69) is 5.32 Å². The van der Waals surface area contributed by atoms with Crippen molar-refractivity contribution in [1.29, 1.82) is 0 Å². The van der Waals surface area contributed by atoms with E-state index >= 15 is 0 Å². The number of nitrogens with one attached hydrogen (secondary N) is 1. The molecular formula is C38H45N3O5S2. The van der Waals surface area contributed by atoms with Crippen LogP contribution in [0.15, 0.2) is 113 Å². The highest BCUT2D eigenvalue weighted by Crippen LogP contribution is 2.28. The van der Waals surface area contributed by atoms with Gasteiger partial charge in [0.2, 0.25) is 11.8 Å². The van der Waals surface area contributed by atoms with Crippen LogP contribution >= 0.6 is 11.8 Å². The number of amides is 2. The second kappa shape index (κ2) is 17.2. The molecule has 0 heterocycles. The Kier molecular flexibility index (Phi) is 13.1. The maximum Gasteiger partial charge on any atom is 0.264 e. The number of hydrogen-bond acceptors (Lipinski definition) is 6. The molecule has 0 radical (unpaired) electrons. The van der Waals surface area contributed by atoms with E-state index in [0.29, 0.717) is 24.5 Å². The highest BCUT2D eigenvalue weighted by Gasteiger charge is 2.35. The molecule has 2 atom stereocenters. The van der Waals surface area contributed by atoms with E-state index in [1.807, 2.05) is 88.5 Å². The molecule has 0 bridgehead atoms. The minimum absolute atomic E-state index is 0.0581. The Bertz CT molecular complexity index is 1750. The molecule has 2 amide bonds. The van der Waals surface area contributed by atoms with Crippen molar-refractivity contribution in [1.82, 2.24) is 10.2 Å². The van der Waals surface area contributed by atoms with E-state index in [1.54, 1.807) is 48.5 Å². The van der Waals surface area contributed by atoms with Gasteiger partial charge in [0.25, 0.3) is 10.0 Å². The number of hydrogen-bond donors (Lipinski definition) is 1. The molecule has 0 aliphatic rings. The van der Waals surface area contributed by atoms with E-state index in [4.69, 9.17) is 4.74 Å². The number of thioether (sulfide) groups is 1. The molecule has 0 spiro atoms. The van der Waals surface area contributed by atoms with Gasteiger partial charge < -0.3 is 15.0 Å². The van der Waals surface area contributed by atoms with Crippen LogP contribution in [0.1, 0.15) is 43.9 Å². The van der Waals surface area contributed by atoms with Gasteiger partial charge in [-0.2, -0.15) is 0 Å². The van der Waals surface area contributed by atoms with Crippen LogP contribution in [-0.4, -0.2) is 56.6 Å². The average molecular weight is 688 g/mol. The number of benzene rings is 4. The SMILES string of the molecule is CCOc1ccc(N(CC(=O)N(Cc2ccccc2C)C(Cc2ccccc2)C(=O)NC(C)CC)S(=O)(=O)c2ccc(SC)cc2)cc1. The number of carbonyl (C=O) groups excluding carboxylic acids is 2. The van der Waals surface area contributed by atoms with Gasteiger partial charge in [-0.15, -0.1) is 11.8 Å². The lowest BCUT2D eigenvalue weighted by Gasteiger charge is -2.34. The van der Waals surface area contributed by atoms with E-state index in [-0.39, 0.29) is 29.8 Å². The summed E-state index contributed by atoms with van der Waals surface area (Å²) in [5, 5.41) is 3.08. The minimum Gasteiger partial charge on any atom is -0.494 e. The smallest absolute Gasteiger partial charge is 0.264 e. The second-order valence-corrected chi connectivity index (χ2v) is 14.3. The van der Waals surface area contributed by atoms with Gasteiger partial charge in [0.15, 0.2) is 0 Å². The molecule has 8 nitrogen and oxygen atoms in total. The van der Waals surface area contributed by atoms with Gasteiger partial charge >= 0.3 is 0 Å². The van der Waals surface area contributed by atoms with Gasteiger partial charge in [-0.3, -0.25) is 13.9 Å². The van der Waals surface area contributed by atoms with Gasteiger partial charge in [-0.25, -0.2) is 8.42 Å². The number of ether oxygens (including phenoxy) is 1. The monoisotopic (exact) mass is 687 g/mol. The molecule has 4 aromatic rings. The van der Waals surface area contributed by atoms with E-state index in [1.165, 1.54) is 16.7 Å². The summed E-state index contributed by atoms with van der Waals surface area (Å²) in [6.45, 7) is 7.79. The molecule has 0 fully saturated rings. The first-order chi connectivity index (χ1) is 23.1. The molecule has 0 saturated carbocycles. The zero-order chi connectivity index (χ0) is 34.7. The summed E-state index contributed by atoms with van der Waals surface area (Å²) >= 11 is 1.51. The van der Waals surface area contributed by atoms with Crippen molar-refractivity contribution in [2.45, 2.75) is 69.0 Å². The topological polar surface area (TPSA) is 96.0 Å². The van der Waals surface area contributed by atoms with Gasteiger partial charge in [0.1, 0.15) is 18.3 Å². The maximum atomic E-state index is 14.7. The fourth-order valence-electron chi connectivity index (χ4n) is 5.25. The first-order valence-electron chi connectivity index (χ1n) is 16.1. The summed E-state index contributed by atoms with van der Waals surface area (Å²) in [6.07, 6.45) is 2.89. The largest absolute Gasteiger partial charge is 0.494 e. The van der Waals surface area contributed by atoms with Gasteiger partial charge in [0.05, 0.1) is 17.2 Å². The Balaban J connectivity index is 1.82. The lowest BCUT2D eigenvalue weighted by atomic mass is 10.0. The predicted molar refractivity (Wildman–Crippen MR) is 194 cm³/mol. The molecule has 48 heavy (non-hydrogen) atoms. The van der Waals surface area contributed by atoms with Crippen LogP contribution in [0, 0.1) is 6.92 Å². The van der Waals surface area contributed by atoms with Crippen molar-refractivity contribution in [3.63, 3.8) is 0 Å². The predicted octanol–water partition coefficient (Wildman–Crippen LogP) is 6.87. The van der Waals surface area contributed by atoms with Crippen LogP contribution in [0.2, 0.25) is 0 Å². The van der Waals surface area contributed by atoms with Crippen molar-refractivity contribution in [2.24, 2.45) is 0 Å². The van der Waals surface area contributed by atoms with Crippen molar-refractivity contribution in [3.8, 4) is 5.75 Å². The maximum absolute atomic E-state index is 14.7. The third kappa shape index (κ3) is 9.41. The second-order valence-electron chi connectivity index (χ2n) is 11.6.